The van der Waals surface area contributed by atoms with Crippen molar-refractivity contribution in [1.29, 1.82) is 5.26 Å². The first-order valence-corrected chi connectivity index (χ1v) is 8.67. The molecule has 1 amide bonds. The molecule has 1 unspecified atom stereocenters. The molecular formula is C21H22N2O2. The summed E-state index contributed by atoms with van der Waals surface area (Å²) in [6, 6.07) is 19.1. The van der Waals surface area contributed by atoms with Crippen molar-refractivity contribution in [3.05, 3.63) is 71.3 Å². The highest BCUT2D eigenvalue weighted by Crippen LogP contribution is 2.20. The zero-order chi connectivity index (χ0) is 17.5. The molecule has 1 atom stereocenters. The van der Waals surface area contributed by atoms with E-state index in [2.05, 4.69) is 18.2 Å². The molecule has 1 fully saturated rings. The van der Waals surface area contributed by atoms with Crippen LogP contribution in [-0.2, 0) is 11.3 Å². The van der Waals surface area contributed by atoms with Crippen molar-refractivity contribution < 1.29 is 9.53 Å². The van der Waals surface area contributed by atoms with Gasteiger partial charge in [-0.05, 0) is 42.5 Å². The fourth-order valence-electron chi connectivity index (χ4n) is 3.21. The molecule has 0 N–H and O–H groups in total. The van der Waals surface area contributed by atoms with E-state index in [9.17, 15) is 4.79 Å². The number of piperidine rings is 1. The van der Waals surface area contributed by atoms with Gasteiger partial charge in [-0.25, -0.2) is 0 Å². The first kappa shape index (κ1) is 17.2. The Bertz CT molecular complexity index is 752. The fraction of sp³-hybridized carbons (Fsp3) is 0.333. The highest BCUT2D eigenvalue weighted by atomic mass is 16.5. The number of carbonyl (C=O) groups excluding carboxylic acids is 1. The van der Waals surface area contributed by atoms with Gasteiger partial charge in [0.1, 0.15) is 0 Å². The molecule has 1 aliphatic heterocycles. The van der Waals surface area contributed by atoms with Gasteiger partial charge in [0, 0.05) is 18.7 Å². The summed E-state index contributed by atoms with van der Waals surface area (Å²) in [5, 5.41) is 9.00. The lowest BCUT2D eigenvalue weighted by atomic mass is 9.98. The van der Waals surface area contributed by atoms with E-state index in [1.165, 1.54) is 5.56 Å². The Morgan fingerprint density at radius 2 is 2.04 bits per heavy atom. The van der Waals surface area contributed by atoms with E-state index in [0.717, 1.165) is 19.4 Å². The predicted octanol–water partition coefficient (Wildman–Crippen LogP) is 3.63. The number of likely N-dealkylation sites (tertiary alicyclic amines) is 1. The molecule has 4 nitrogen and oxygen atoms in total. The standard InChI is InChI=1S/C21H22N2O2/c22-13-18-8-4-10-20(12-18)21(24)23-11-5-9-19(14-23)16-25-15-17-6-2-1-3-7-17/h1-4,6-8,10,12,19H,5,9,11,14-16H2. The third-order valence-electron chi connectivity index (χ3n) is 4.51. The number of nitriles is 1. The van der Waals surface area contributed by atoms with Gasteiger partial charge in [-0.2, -0.15) is 5.26 Å². The van der Waals surface area contributed by atoms with Crippen LogP contribution in [0.2, 0.25) is 0 Å². The van der Waals surface area contributed by atoms with Crippen LogP contribution in [0.1, 0.15) is 34.3 Å². The molecule has 0 spiro atoms. The zero-order valence-electron chi connectivity index (χ0n) is 14.2. The molecule has 0 saturated carbocycles. The number of rotatable bonds is 5. The van der Waals surface area contributed by atoms with Gasteiger partial charge in [-0.1, -0.05) is 36.4 Å². The van der Waals surface area contributed by atoms with Gasteiger partial charge in [-0.3, -0.25) is 4.79 Å². The maximum atomic E-state index is 12.7. The lowest BCUT2D eigenvalue weighted by Crippen LogP contribution is -2.41. The topological polar surface area (TPSA) is 53.3 Å². The summed E-state index contributed by atoms with van der Waals surface area (Å²) in [5.74, 6) is 0.366. The van der Waals surface area contributed by atoms with Crippen molar-refractivity contribution in [2.24, 2.45) is 5.92 Å². The number of amides is 1. The molecule has 2 aromatic carbocycles. The van der Waals surface area contributed by atoms with Crippen LogP contribution in [0.4, 0.5) is 0 Å². The second-order valence-electron chi connectivity index (χ2n) is 6.45. The first-order chi connectivity index (χ1) is 12.3. The lowest BCUT2D eigenvalue weighted by molar-refractivity contribution is 0.0425. The Morgan fingerprint density at radius 3 is 2.84 bits per heavy atom. The van der Waals surface area contributed by atoms with E-state index in [-0.39, 0.29) is 5.91 Å². The molecular weight excluding hydrogens is 312 g/mol. The van der Waals surface area contributed by atoms with Crippen molar-refractivity contribution in [3.63, 3.8) is 0 Å². The predicted molar refractivity (Wildman–Crippen MR) is 95.9 cm³/mol. The van der Waals surface area contributed by atoms with E-state index in [0.29, 0.717) is 36.8 Å². The first-order valence-electron chi connectivity index (χ1n) is 8.67. The van der Waals surface area contributed by atoms with Crippen LogP contribution in [0, 0.1) is 17.2 Å². The average molecular weight is 334 g/mol. The minimum Gasteiger partial charge on any atom is -0.376 e. The van der Waals surface area contributed by atoms with Crippen molar-refractivity contribution >= 4 is 5.91 Å². The van der Waals surface area contributed by atoms with Gasteiger partial charge in [0.15, 0.2) is 0 Å². The molecule has 0 aliphatic carbocycles. The molecule has 0 bridgehead atoms. The number of nitrogens with zero attached hydrogens (tertiary/aromatic N) is 2. The van der Waals surface area contributed by atoms with Crippen molar-refractivity contribution in [3.8, 4) is 6.07 Å². The molecule has 25 heavy (non-hydrogen) atoms. The van der Waals surface area contributed by atoms with Crippen LogP contribution in [0.25, 0.3) is 0 Å². The summed E-state index contributed by atoms with van der Waals surface area (Å²) < 4.78 is 5.85. The molecule has 0 radical (unpaired) electrons. The monoisotopic (exact) mass is 334 g/mol. The zero-order valence-corrected chi connectivity index (χ0v) is 14.2. The normalized spacial score (nSPS) is 17.1. The number of hydrogen-bond acceptors (Lipinski definition) is 3. The number of carbonyl (C=O) groups is 1. The van der Waals surface area contributed by atoms with E-state index in [1.54, 1.807) is 24.3 Å². The quantitative estimate of drug-likeness (QED) is 0.839. The molecule has 3 rings (SSSR count). The van der Waals surface area contributed by atoms with Gasteiger partial charge in [0.05, 0.1) is 24.8 Å². The van der Waals surface area contributed by atoms with Crippen LogP contribution < -0.4 is 0 Å². The summed E-state index contributed by atoms with van der Waals surface area (Å²) in [7, 11) is 0. The third-order valence-corrected chi connectivity index (χ3v) is 4.51. The van der Waals surface area contributed by atoms with E-state index in [4.69, 9.17) is 10.00 Å². The van der Waals surface area contributed by atoms with Crippen LogP contribution in [0.5, 0.6) is 0 Å². The minimum absolute atomic E-state index is 0.00450. The summed E-state index contributed by atoms with van der Waals surface area (Å²) in [6.07, 6.45) is 2.07. The Morgan fingerprint density at radius 1 is 1.20 bits per heavy atom. The maximum Gasteiger partial charge on any atom is 0.253 e. The van der Waals surface area contributed by atoms with Crippen molar-refractivity contribution in [2.45, 2.75) is 19.4 Å². The smallest absolute Gasteiger partial charge is 0.253 e. The number of hydrogen-bond donors (Lipinski definition) is 0. The summed E-state index contributed by atoms with van der Waals surface area (Å²) in [6.45, 7) is 2.75. The van der Waals surface area contributed by atoms with Crippen molar-refractivity contribution in [2.75, 3.05) is 19.7 Å². The molecule has 1 heterocycles. The molecule has 128 valence electrons. The van der Waals surface area contributed by atoms with Gasteiger partial charge in [-0.15, -0.1) is 0 Å². The van der Waals surface area contributed by atoms with Crippen LogP contribution >= 0.6 is 0 Å². The Kier molecular flexibility index (Phi) is 5.81. The van der Waals surface area contributed by atoms with Gasteiger partial charge in [0.2, 0.25) is 0 Å². The van der Waals surface area contributed by atoms with E-state index < -0.39 is 0 Å². The summed E-state index contributed by atoms with van der Waals surface area (Å²) in [4.78, 5) is 14.6. The lowest BCUT2D eigenvalue weighted by Gasteiger charge is -2.32. The largest absolute Gasteiger partial charge is 0.376 e. The van der Waals surface area contributed by atoms with Gasteiger partial charge in [0.25, 0.3) is 5.91 Å². The average Bonchev–Trinajstić information content (AvgIpc) is 2.68. The Balaban J connectivity index is 1.53. The SMILES string of the molecule is N#Cc1cccc(C(=O)N2CCCC(COCc3ccccc3)C2)c1. The van der Waals surface area contributed by atoms with Crippen LogP contribution in [0.3, 0.4) is 0 Å². The Hall–Kier alpha value is -2.64. The van der Waals surface area contributed by atoms with Gasteiger partial charge < -0.3 is 9.64 Å². The summed E-state index contributed by atoms with van der Waals surface area (Å²) >= 11 is 0. The molecule has 4 heteroatoms. The maximum absolute atomic E-state index is 12.7. The number of ether oxygens (including phenoxy) is 1. The summed E-state index contributed by atoms with van der Waals surface area (Å²) in [5.41, 5.74) is 2.27. The highest BCUT2D eigenvalue weighted by molar-refractivity contribution is 5.94. The molecule has 0 aromatic heterocycles. The Labute approximate surface area is 148 Å². The molecule has 1 saturated heterocycles. The highest BCUT2D eigenvalue weighted by Gasteiger charge is 2.24. The molecule has 1 aliphatic rings. The number of benzene rings is 2. The van der Waals surface area contributed by atoms with Crippen molar-refractivity contribution in [1.82, 2.24) is 4.90 Å². The second kappa shape index (κ2) is 8.46. The second-order valence-corrected chi connectivity index (χ2v) is 6.45. The van der Waals surface area contributed by atoms with Gasteiger partial charge >= 0.3 is 0 Å². The molecule has 2 aromatic rings. The minimum atomic E-state index is 0.00450. The van der Waals surface area contributed by atoms with E-state index in [1.807, 2.05) is 23.1 Å². The third kappa shape index (κ3) is 4.68. The van der Waals surface area contributed by atoms with Crippen LogP contribution in [0.15, 0.2) is 54.6 Å². The van der Waals surface area contributed by atoms with Crippen LogP contribution in [-0.4, -0.2) is 30.5 Å². The fourth-order valence-corrected chi connectivity index (χ4v) is 3.21. The van der Waals surface area contributed by atoms with E-state index >= 15 is 0 Å².